The summed E-state index contributed by atoms with van der Waals surface area (Å²) in [7, 11) is 0. The number of nitrogens with zero attached hydrogens (tertiary/aromatic N) is 1. The first kappa shape index (κ1) is 16.0. The average Bonchev–Trinajstić information content (AvgIpc) is 2.47. The van der Waals surface area contributed by atoms with E-state index in [1.54, 1.807) is 12.4 Å². The van der Waals surface area contributed by atoms with E-state index >= 15 is 0 Å². The lowest BCUT2D eigenvalue weighted by Crippen LogP contribution is -2.45. The molecule has 0 aromatic carbocycles. The fourth-order valence-corrected chi connectivity index (χ4v) is 3.15. The molecule has 0 amide bonds. The van der Waals surface area contributed by atoms with Crippen molar-refractivity contribution in [3.63, 3.8) is 0 Å². The largest absolute Gasteiger partial charge is 0.489 e. The first-order chi connectivity index (χ1) is 10.1. The minimum atomic E-state index is -0.273. The zero-order chi connectivity index (χ0) is 15.3. The van der Waals surface area contributed by atoms with Crippen molar-refractivity contribution < 1.29 is 9.53 Å². The Hall–Kier alpha value is -1.42. The van der Waals surface area contributed by atoms with E-state index in [4.69, 9.17) is 4.74 Å². The van der Waals surface area contributed by atoms with Gasteiger partial charge in [-0.3, -0.25) is 9.78 Å². The summed E-state index contributed by atoms with van der Waals surface area (Å²) in [6, 6.07) is 1.83. The molecule has 1 atom stereocenters. The molecule has 2 heterocycles. The van der Waals surface area contributed by atoms with Crippen LogP contribution in [0.4, 0.5) is 0 Å². The zero-order valence-electron chi connectivity index (χ0n) is 13.3. The number of rotatable bonds is 6. The van der Waals surface area contributed by atoms with E-state index in [-0.39, 0.29) is 17.3 Å². The van der Waals surface area contributed by atoms with E-state index in [0.29, 0.717) is 11.3 Å². The predicted molar refractivity (Wildman–Crippen MR) is 83.8 cm³/mol. The molecule has 1 aliphatic rings. The lowest BCUT2D eigenvalue weighted by Gasteiger charge is -2.36. The summed E-state index contributed by atoms with van der Waals surface area (Å²) in [5.74, 6) is 0.879. The van der Waals surface area contributed by atoms with Crippen LogP contribution in [0, 0.1) is 5.41 Å². The first-order valence-electron chi connectivity index (χ1n) is 7.94. The fraction of sp³-hybridized carbons (Fsp3) is 0.647. The van der Waals surface area contributed by atoms with Gasteiger partial charge < -0.3 is 10.1 Å². The fourth-order valence-electron chi connectivity index (χ4n) is 3.15. The molecule has 0 radical (unpaired) electrons. The molecule has 4 nitrogen and oxygen atoms in total. The molecule has 0 aliphatic carbocycles. The Kier molecular flexibility index (Phi) is 5.34. The topological polar surface area (TPSA) is 51.2 Å². The van der Waals surface area contributed by atoms with Crippen LogP contribution in [0.5, 0.6) is 5.75 Å². The summed E-state index contributed by atoms with van der Waals surface area (Å²) in [6.45, 7) is 7.86. The molecule has 21 heavy (non-hydrogen) atoms. The average molecular weight is 290 g/mol. The number of hydrogen-bond acceptors (Lipinski definition) is 4. The van der Waals surface area contributed by atoms with Crippen LogP contribution in [0.25, 0.3) is 0 Å². The summed E-state index contributed by atoms with van der Waals surface area (Å²) < 4.78 is 5.65. The molecule has 1 unspecified atom stereocenters. The molecule has 116 valence electrons. The van der Waals surface area contributed by atoms with Gasteiger partial charge in [-0.1, -0.05) is 13.3 Å². The number of Topliss-reactive ketones (excluding diaryl/α,β-unsaturated/α-hetero) is 1. The van der Waals surface area contributed by atoms with Crippen LogP contribution in [0.15, 0.2) is 18.5 Å². The number of ketones is 1. The maximum absolute atomic E-state index is 13.0. The van der Waals surface area contributed by atoms with Crippen LogP contribution in [0.2, 0.25) is 0 Å². The van der Waals surface area contributed by atoms with Crippen LogP contribution < -0.4 is 10.1 Å². The number of carbonyl (C=O) groups excluding carboxylic acids is 1. The quantitative estimate of drug-likeness (QED) is 0.817. The Morgan fingerprint density at radius 1 is 1.48 bits per heavy atom. The second kappa shape index (κ2) is 7.03. The molecule has 1 aromatic heterocycles. The Balaban J connectivity index is 2.24. The van der Waals surface area contributed by atoms with Gasteiger partial charge in [-0.15, -0.1) is 0 Å². The van der Waals surface area contributed by atoms with Crippen molar-refractivity contribution >= 4 is 5.78 Å². The molecule has 1 N–H and O–H groups in total. The van der Waals surface area contributed by atoms with Gasteiger partial charge in [0, 0.05) is 23.7 Å². The lowest BCUT2D eigenvalue weighted by molar-refractivity contribution is 0.0716. The Morgan fingerprint density at radius 2 is 2.29 bits per heavy atom. The van der Waals surface area contributed by atoms with Crippen molar-refractivity contribution in [1.29, 1.82) is 0 Å². The van der Waals surface area contributed by atoms with E-state index in [1.807, 2.05) is 19.9 Å². The molecule has 1 aromatic rings. The highest BCUT2D eigenvalue weighted by Crippen LogP contribution is 2.35. The highest BCUT2D eigenvalue weighted by Gasteiger charge is 2.39. The van der Waals surface area contributed by atoms with Crippen LogP contribution in [0.3, 0.4) is 0 Å². The normalized spacial score (nSPS) is 22.3. The second-order valence-electron chi connectivity index (χ2n) is 6.22. The summed E-state index contributed by atoms with van der Waals surface area (Å²) >= 11 is 0. The van der Waals surface area contributed by atoms with Gasteiger partial charge in [-0.2, -0.15) is 0 Å². The monoisotopic (exact) mass is 290 g/mol. The molecular weight excluding hydrogens is 264 g/mol. The van der Waals surface area contributed by atoms with Gasteiger partial charge in [-0.05, 0) is 45.7 Å². The SMILES string of the molecule is CCCC1(C(=O)c2cncc(OC(C)C)c2)CCCNC1. The van der Waals surface area contributed by atoms with E-state index in [9.17, 15) is 4.79 Å². The number of carbonyl (C=O) groups is 1. The third-order valence-electron chi connectivity index (χ3n) is 4.03. The Labute approximate surface area is 127 Å². The molecule has 2 rings (SSSR count). The van der Waals surface area contributed by atoms with Crippen molar-refractivity contribution in [2.45, 2.75) is 52.6 Å². The molecule has 1 aliphatic heterocycles. The van der Waals surface area contributed by atoms with Gasteiger partial charge in [0.05, 0.1) is 12.3 Å². The summed E-state index contributed by atoms with van der Waals surface area (Å²) in [4.78, 5) is 17.2. The van der Waals surface area contributed by atoms with Crippen molar-refractivity contribution in [3.8, 4) is 5.75 Å². The van der Waals surface area contributed by atoms with E-state index < -0.39 is 0 Å². The van der Waals surface area contributed by atoms with E-state index in [1.165, 1.54) is 0 Å². The molecule has 1 fully saturated rings. The smallest absolute Gasteiger partial charge is 0.171 e. The molecule has 1 saturated heterocycles. The molecule has 4 heteroatoms. The van der Waals surface area contributed by atoms with Crippen molar-refractivity contribution in [2.24, 2.45) is 5.41 Å². The third-order valence-corrected chi connectivity index (χ3v) is 4.03. The van der Waals surface area contributed by atoms with Gasteiger partial charge >= 0.3 is 0 Å². The van der Waals surface area contributed by atoms with Crippen LogP contribution in [-0.2, 0) is 0 Å². The van der Waals surface area contributed by atoms with Crippen molar-refractivity contribution in [3.05, 3.63) is 24.0 Å². The van der Waals surface area contributed by atoms with Crippen molar-refractivity contribution in [1.82, 2.24) is 10.3 Å². The maximum atomic E-state index is 13.0. The molecule has 0 bridgehead atoms. The number of aromatic nitrogens is 1. The number of ether oxygens (including phenoxy) is 1. The van der Waals surface area contributed by atoms with Gasteiger partial charge in [0.15, 0.2) is 5.78 Å². The summed E-state index contributed by atoms with van der Waals surface area (Å²) in [5.41, 5.74) is 0.399. The number of piperidine rings is 1. The zero-order valence-corrected chi connectivity index (χ0v) is 13.3. The minimum absolute atomic E-state index is 0.0816. The first-order valence-corrected chi connectivity index (χ1v) is 7.94. The summed E-state index contributed by atoms with van der Waals surface area (Å²) in [5, 5.41) is 3.39. The predicted octanol–water partition coefficient (Wildman–Crippen LogP) is 3.22. The van der Waals surface area contributed by atoms with Gasteiger partial charge in [0.25, 0.3) is 0 Å². The maximum Gasteiger partial charge on any atom is 0.171 e. The molecular formula is C17H26N2O2. The summed E-state index contributed by atoms with van der Waals surface area (Å²) in [6.07, 6.45) is 7.38. The van der Waals surface area contributed by atoms with E-state index in [0.717, 1.165) is 38.8 Å². The minimum Gasteiger partial charge on any atom is -0.489 e. The van der Waals surface area contributed by atoms with Crippen LogP contribution in [0.1, 0.15) is 56.8 Å². The number of hydrogen-bond donors (Lipinski definition) is 1. The molecule has 0 saturated carbocycles. The molecule has 0 spiro atoms. The standard InChI is InChI=1S/C17H26N2O2/c1-4-6-17(7-5-8-18-12-17)16(20)14-9-15(11-19-10-14)21-13(2)3/h9-11,13,18H,4-8,12H2,1-3H3. The van der Waals surface area contributed by atoms with Gasteiger partial charge in [0.1, 0.15) is 5.75 Å². The number of pyridine rings is 1. The van der Waals surface area contributed by atoms with Gasteiger partial charge in [0.2, 0.25) is 0 Å². The van der Waals surface area contributed by atoms with Crippen LogP contribution >= 0.6 is 0 Å². The third kappa shape index (κ3) is 3.82. The number of nitrogens with one attached hydrogen (secondary N) is 1. The highest BCUT2D eigenvalue weighted by molar-refractivity contribution is 6.00. The Morgan fingerprint density at radius 3 is 2.90 bits per heavy atom. The Bertz CT molecular complexity index is 474. The van der Waals surface area contributed by atoms with Gasteiger partial charge in [-0.25, -0.2) is 0 Å². The van der Waals surface area contributed by atoms with Crippen LogP contribution in [-0.4, -0.2) is 30.0 Å². The lowest BCUT2D eigenvalue weighted by atomic mass is 9.72. The van der Waals surface area contributed by atoms with E-state index in [2.05, 4.69) is 17.2 Å². The second-order valence-corrected chi connectivity index (χ2v) is 6.22. The highest BCUT2D eigenvalue weighted by atomic mass is 16.5. The van der Waals surface area contributed by atoms with Crippen molar-refractivity contribution in [2.75, 3.05) is 13.1 Å².